The van der Waals surface area contributed by atoms with Gasteiger partial charge < -0.3 is 10.3 Å². The zero-order valence-electron chi connectivity index (χ0n) is 8.89. The van der Waals surface area contributed by atoms with Crippen LogP contribution in [0.25, 0.3) is 5.69 Å². The summed E-state index contributed by atoms with van der Waals surface area (Å²) in [5.74, 6) is 0. The lowest BCUT2D eigenvalue weighted by Crippen LogP contribution is -2.21. The van der Waals surface area contributed by atoms with E-state index in [1.165, 1.54) is 10.6 Å². The molecule has 0 aliphatic rings. The fraction of sp³-hybridized carbons (Fsp3) is 0.333. The summed E-state index contributed by atoms with van der Waals surface area (Å²) < 4.78 is 2.15. The van der Waals surface area contributed by atoms with Gasteiger partial charge in [0.05, 0.1) is 5.69 Å². The molecule has 80 valence electrons. The van der Waals surface area contributed by atoms with E-state index in [2.05, 4.69) is 35.3 Å². The van der Waals surface area contributed by atoms with E-state index in [9.17, 15) is 0 Å². The molecule has 2 aromatic rings. The van der Waals surface area contributed by atoms with E-state index in [-0.39, 0.29) is 6.04 Å². The maximum Gasteiger partial charge on any atom is 0.0589 e. The van der Waals surface area contributed by atoms with E-state index >= 15 is 0 Å². The Morgan fingerprint density at radius 1 is 1.40 bits per heavy atom. The minimum absolute atomic E-state index is 0.276. The van der Waals surface area contributed by atoms with Crippen LogP contribution in [-0.4, -0.2) is 10.6 Å². The molecule has 0 radical (unpaired) electrons. The first-order valence-corrected chi connectivity index (χ1v) is 6.14. The quantitative estimate of drug-likeness (QED) is 0.844. The summed E-state index contributed by atoms with van der Waals surface area (Å²) in [7, 11) is 0. The van der Waals surface area contributed by atoms with Gasteiger partial charge in [-0.2, -0.15) is 0 Å². The van der Waals surface area contributed by atoms with Gasteiger partial charge in [-0.3, -0.25) is 0 Å². The molecule has 0 saturated heterocycles. The third-order valence-corrected chi connectivity index (χ3v) is 3.51. The molecule has 2 nitrogen and oxygen atoms in total. The monoisotopic (exact) mass is 220 g/mol. The lowest BCUT2D eigenvalue weighted by molar-refractivity contribution is 0.650. The number of aromatic nitrogens is 1. The van der Waals surface area contributed by atoms with E-state index in [1.54, 1.807) is 11.3 Å². The molecule has 0 fully saturated rings. The van der Waals surface area contributed by atoms with Crippen LogP contribution in [-0.2, 0) is 6.42 Å². The van der Waals surface area contributed by atoms with E-state index in [0.717, 1.165) is 12.8 Å². The first-order valence-electron chi connectivity index (χ1n) is 5.26. The van der Waals surface area contributed by atoms with Gasteiger partial charge in [0.15, 0.2) is 0 Å². The number of thiophene rings is 1. The van der Waals surface area contributed by atoms with Crippen molar-refractivity contribution < 1.29 is 0 Å². The summed E-state index contributed by atoms with van der Waals surface area (Å²) in [5, 5.41) is 2.13. The molecule has 0 bridgehead atoms. The van der Waals surface area contributed by atoms with Gasteiger partial charge in [-0.1, -0.05) is 6.92 Å². The number of nitrogens with two attached hydrogens (primary N) is 1. The third-order valence-electron chi connectivity index (χ3n) is 2.58. The summed E-state index contributed by atoms with van der Waals surface area (Å²) >= 11 is 1.79. The lowest BCUT2D eigenvalue weighted by atomic mass is 10.1. The molecule has 1 unspecified atom stereocenters. The molecule has 0 aliphatic heterocycles. The summed E-state index contributed by atoms with van der Waals surface area (Å²) in [6, 6.07) is 6.52. The van der Waals surface area contributed by atoms with Crippen molar-refractivity contribution in [1.29, 1.82) is 0 Å². The highest BCUT2D eigenvalue weighted by atomic mass is 32.1. The minimum Gasteiger partial charge on any atom is -0.327 e. The largest absolute Gasteiger partial charge is 0.327 e. The standard InChI is InChI=1S/C12H16N2S/c1-2-10(13)9-12-11(5-8-15-12)14-6-3-4-7-14/h3-8,10H,2,9,13H2,1H3. The molecule has 0 spiro atoms. The van der Waals surface area contributed by atoms with Crippen LogP contribution in [0.3, 0.4) is 0 Å². The Morgan fingerprint density at radius 3 is 2.80 bits per heavy atom. The van der Waals surface area contributed by atoms with Crippen LogP contribution < -0.4 is 5.73 Å². The Balaban J connectivity index is 2.23. The van der Waals surface area contributed by atoms with Crippen LogP contribution in [0.1, 0.15) is 18.2 Å². The van der Waals surface area contributed by atoms with Gasteiger partial charge in [0.1, 0.15) is 0 Å². The fourth-order valence-electron chi connectivity index (χ4n) is 1.59. The molecule has 3 heteroatoms. The zero-order valence-corrected chi connectivity index (χ0v) is 9.70. The van der Waals surface area contributed by atoms with Gasteiger partial charge in [0, 0.05) is 23.3 Å². The predicted octanol–water partition coefficient (Wildman–Crippen LogP) is 2.82. The Bertz CT molecular complexity index is 403. The van der Waals surface area contributed by atoms with Gasteiger partial charge >= 0.3 is 0 Å². The molecule has 15 heavy (non-hydrogen) atoms. The van der Waals surface area contributed by atoms with Crippen LogP contribution in [0.2, 0.25) is 0 Å². The van der Waals surface area contributed by atoms with Crippen molar-refractivity contribution in [3.8, 4) is 5.69 Å². The number of rotatable bonds is 4. The zero-order chi connectivity index (χ0) is 10.7. The highest BCUT2D eigenvalue weighted by molar-refractivity contribution is 7.10. The van der Waals surface area contributed by atoms with Crippen molar-refractivity contribution in [3.05, 3.63) is 40.8 Å². The molecule has 0 aromatic carbocycles. The molecule has 2 N–H and O–H groups in total. The SMILES string of the molecule is CCC(N)Cc1sccc1-n1cccc1. The van der Waals surface area contributed by atoms with Crippen molar-refractivity contribution in [3.63, 3.8) is 0 Å². The van der Waals surface area contributed by atoms with Crippen molar-refractivity contribution in [2.45, 2.75) is 25.8 Å². The highest BCUT2D eigenvalue weighted by Gasteiger charge is 2.08. The molecule has 0 amide bonds. The average molecular weight is 220 g/mol. The summed E-state index contributed by atoms with van der Waals surface area (Å²) in [6.07, 6.45) is 6.15. The average Bonchev–Trinajstić information content (AvgIpc) is 2.86. The second kappa shape index (κ2) is 4.64. The summed E-state index contributed by atoms with van der Waals surface area (Å²) in [6.45, 7) is 2.13. The van der Waals surface area contributed by atoms with Crippen molar-refractivity contribution >= 4 is 11.3 Å². The van der Waals surface area contributed by atoms with E-state index in [1.807, 2.05) is 12.1 Å². The van der Waals surface area contributed by atoms with Gasteiger partial charge in [-0.15, -0.1) is 11.3 Å². The third kappa shape index (κ3) is 2.30. The summed E-state index contributed by atoms with van der Waals surface area (Å²) in [5.41, 5.74) is 7.26. The van der Waals surface area contributed by atoms with Crippen LogP contribution >= 0.6 is 11.3 Å². The minimum atomic E-state index is 0.276. The fourth-order valence-corrected chi connectivity index (χ4v) is 2.56. The molecule has 1 atom stereocenters. The van der Waals surface area contributed by atoms with Crippen molar-refractivity contribution in [2.24, 2.45) is 5.73 Å². The molecule has 2 aromatic heterocycles. The van der Waals surface area contributed by atoms with E-state index in [0.29, 0.717) is 0 Å². The topological polar surface area (TPSA) is 30.9 Å². The number of hydrogen-bond acceptors (Lipinski definition) is 2. The maximum atomic E-state index is 5.98. The second-order valence-electron chi connectivity index (χ2n) is 3.69. The first-order chi connectivity index (χ1) is 7.31. The van der Waals surface area contributed by atoms with Gasteiger partial charge in [0.25, 0.3) is 0 Å². The maximum absolute atomic E-state index is 5.98. The van der Waals surface area contributed by atoms with Crippen LogP contribution in [0.5, 0.6) is 0 Å². The lowest BCUT2D eigenvalue weighted by Gasteiger charge is -2.09. The van der Waals surface area contributed by atoms with Gasteiger partial charge in [-0.05, 0) is 36.4 Å². The van der Waals surface area contributed by atoms with Crippen LogP contribution in [0.4, 0.5) is 0 Å². The first kappa shape index (κ1) is 10.5. The number of nitrogens with zero attached hydrogens (tertiary/aromatic N) is 1. The van der Waals surface area contributed by atoms with Crippen LogP contribution in [0, 0.1) is 0 Å². The van der Waals surface area contributed by atoms with Crippen molar-refractivity contribution in [1.82, 2.24) is 4.57 Å². The molecular weight excluding hydrogens is 204 g/mol. The molecule has 2 rings (SSSR count). The predicted molar refractivity (Wildman–Crippen MR) is 65.6 cm³/mol. The number of hydrogen-bond donors (Lipinski definition) is 1. The molecular formula is C12H16N2S. The van der Waals surface area contributed by atoms with E-state index in [4.69, 9.17) is 5.73 Å². The van der Waals surface area contributed by atoms with Crippen LogP contribution in [0.15, 0.2) is 36.0 Å². The second-order valence-corrected chi connectivity index (χ2v) is 4.69. The summed E-state index contributed by atoms with van der Waals surface area (Å²) in [4.78, 5) is 1.38. The normalized spacial score (nSPS) is 12.9. The van der Waals surface area contributed by atoms with Crippen molar-refractivity contribution in [2.75, 3.05) is 0 Å². The molecule has 0 saturated carbocycles. The Hall–Kier alpha value is -1.06. The molecule has 0 aliphatic carbocycles. The molecule has 2 heterocycles. The Kier molecular flexibility index (Phi) is 3.23. The Labute approximate surface area is 94.3 Å². The Morgan fingerprint density at radius 2 is 2.13 bits per heavy atom. The van der Waals surface area contributed by atoms with Gasteiger partial charge in [0.2, 0.25) is 0 Å². The van der Waals surface area contributed by atoms with Gasteiger partial charge in [-0.25, -0.2) is 0 Å². The smallest absolute Gasteiger partial charge is 0.0589 e. The highest BCUT2D eigenvalue weighted by Crippen LogP contribution is 2.22. The van der Waals surface area contributed by atoms with E-state index < -0.39 is 0 Å².